The van der Waals surface area contributed by atoms with E-state index in [1.165, 1.54) is 6.07 Å². The van der Waals surface area contributed by atoms with Crippen molar-refractivity contribution in [3.05, 3.63) is 35.1 Å². The highest BCUT2D eigenvalue weighted by atomic mass is 35.5. The van der Waals surface area contributed by atoms with Crippen molar-refractivity contribution in [2.45, 2.75) is 19.9 Å². The van der Waals surface area contributed by atoms with Crippen LogP contribution in [0.1, 0.15) is 22.8 Å². The lowest BCUT2D eigenvalue weighted by molar-refractivity contribution is 0.0709. The van der Waals surface area contributed by atoms with Gasteiger partial charge in [-0.25, -0.2) is 4.39 Å². The third-order valence-electron chi connectivity index (χ3n) is 3.06. The molecule has 0 saturated carbocycles. The lowest BCUT2D eigenvalue weighted by atomic mass is 10.1. The fourth-order valence-corrected chi connectivity index (χ4v) is 2.08. The maximum atomic E-state index is 13.1. The number of halogens is 2. The first-order chi connectivity index (χ1) is 8.08. The number of carbonyl (C=O) groups is 1. The van der Waals surface area contributed by atoms with Crippen molar-refractivity contribution in [3.8, 4) is 0 Å². The number of benzene rings is 1. The molecule has 0 aliphatic carbocycles. The molecule has 0 aromatic heterocycles. The highest BCUT2D eigenvalue weighted by Crippen LogP contribution is 2.12. The number of nitrogens with zero attached hydrogens (tertiary/aromatic N) is 1. The fraction of sp³-hybridized carbons (Fsp3) is 0.462. The zero-order valence-electron chi connectivity index (χ0n) is 10.6. The number of nitrogens with one attached hydrogen (secondary N) is 1. The molecule has 0 bridgehead atoms. The Labute approximate surface area is 113 Å². The van der Waals surface area contributed by atoms with Crippen LogP contribution in [0.2, 0.25) is 0 Å². The van der Waals surface area contributed by atoms with Gasteiger partial charge in [0.25, 0.3) is 5.91 Å². The summed E-state index contributed by atoms with van der Waals surface area (Å²) in [6.45, 7) is 5.95. The number of carbonyl (C=O) groups excluding carboxylic acids is 1. The van der Waals surface area contributed by atoms with E-state index >= 15 is 0 Å². The molecule has 1 aromatic carbocycles. The lowest BCUT2D eigenvalue weighted by Crippen LogP contribution is -2.51. The summed E-state index contributed by atoms with van der Waals surface area (Å²) < 4.78 is 13.1. The van der Waals surface area contributed by atoms with Crippen LogP contribution in [-0.2, 0) is 0 Å². The van der Waals surface area contributed by atoms with Crippen LogP contribution < -0.4 is 5.32 Å². The van der Waals surface area contributed by atoms with Crippen LogP contribution in [0.5, 0.6) is 0 Å². The molecule has 5 heteroatoms. The molecule has 1 aromatic rings. The van der Waals surface area contributed by atoms with Crippen molar-refractivity contribution in [3.63, 3.8) is 0 Å². The second kappa shape index (κ2) is 6.16. The Kier molecular flexibility index (Phi) is 5.11. The van der Waals surface area contributed by atoms with E-state index in [0.29, 0.717) is 30.3 Å². The van der Waals surface area contributed by atoms with E-state index in [9.17, 15) is 9.18 Å². The number of piperazine rings is 1. The molecular formula is C13H18ClFN2O. The van der Waals surface area contributed by atoms with Crippen LogP contribution >= 0.6 is 12.4 Å². The summed E-state index contributed by atoms with van der Waals surface area (Å²) in [6, 6.07) is 4.84. The molecule has 100 valence electrons. The Balaban J connectivity index is 0.00000162. The Morgan fingerprint density at radius 2 is 2.22 bits per heavy atom. The minimum atomic E-state index is -0.268. The van der Waals surface area contributed by atoms with Crippen molar-refractivity contribution in [2.75, 3.05) is 19.6 Å². The van der Waals surface area contributed by atoms with E-state index in [0.717, 1.165) is 6.54 Å². The van der Waals surface area contributed by atoms with Crippen LogP contribution in [0.3, 0.4) is 0 Å². The van der Waals surface area contributed by atoms with Gasteiger partial charge in [-0.1, -0.05) is 0 Å². The fourth-order valence-electron chi connectivity index (χ4n) is 2.08. The molecule has 18 heavy (non-hydrogen) atoms. The van der Waals surface area contributed by atoms with E-state index in [-0.39, 0.29) is 24.1 Å². The Morgan fingerprint density at radius 3 is 2.83 bits per heavy atom. The molecule has 1 atom stereocenters. The third kappa shape index (κ3) is 3.21. The van der Waals surface area contributed by atoms with Crippen LogP contribution in [0.15, 0.2) is 18.2 Å². The molecule has 2 rings (SSSR count). The normalized spacial score (nSPS) is 19.3. The summed E-state index contributed by atoms with van der Waals surface area (Å²) in [5, 5.41) is 3.28. The highest BCUT2D eigenvalue weighted by Gasteiger charge is 2.21. The van der Waals surface area contributed by atoms with E-state index in [1.54, 1.807) is 19.1 Å². The van der Waals surface area contributed by atoms with Crippen LogP contribution in [0, 0.1) is 12.7 Å². The molecule has 1 saturated heterocycles. The lowest BCUT2D eigenvalue weighted by Gasteiger charge is -2.32. The van der Waals surface area contributed by atoms with Gasteiger partial charge >= 0.3 is 0 Å². The number of aryl methyl sites for hydroxylation is 1. The first-order valence-corrected chi connectivity index (χ1v) is 5.87. The molecule has 1 aliphatic heterocycles. The zero-order chi connectivity index (χ0) is 12.4. The zero-order valence-corrected chi connectivity index (χ0v) is 11.4. The van der Waals surface area contributed by atoms with Gasteiger partial charge in [0.15, 0.2) is 0 Å². The van der Waals surface area contributed by atoms with Gasteiger partial charge in [0.1, 0.15) is 5.82 Å². The molecule has 0 unspecified atom stereocenters. The van der Waals surface area contributed by atoms with Crippen molar-refractivity contribution >= 4 is 18.3 Å². The predicted octanol–water partition coefficient (Wildman–Crippen LogP) is 1.99. The summed E-state index contributed by atoms with van der Waals surface area (Å²) in [6.07, 6.45) is 0. The van der Waals surface area contributed by atoms with Crippen LogP contribution in [0.25, 0.3) is 0 Å². The topological polar surface area (TPSA) is 32.3 Å². The molecule has 1 amide bonds. The van der Waals surface area contributed by atoms with E-state index in [2.05, 4.69) is 12.2 Å². The van der Waals surface area contributed by atoms with Crippen LogP contribution in [-0.4, -0.2) is 36.5 Å². The molecule has 1 fully saturated rings. The van der Waals surface area contributed by atoms with Crippen molar-refractivity contribution in [1.82, 2.24) is 10.2 Å². The molecule has 0 radical (unpaired) electrons. The predicted molar refractivity (Wildman–Crippen MR) is 71.8 cm³/mol. The molecule has 1 N–H and O–H groups in total. The Bertz CT molecular complexity index is 439. The van der Waals surface area contributed by atoms with Gasteiger partial charge in [0, 0.05) is 31.2 Å². The minimum Gasteiger partial charge on any atom is -0.336 e. The summed E-state index contributed by atoms with van der Waals surface area (Å²) in [5.74, 6) is -0.281. The third-order valence-corrected chi connectivity index (χ3v) is 3.06. The monoisotopic (exact) mass is 272 g/mol. The van der Waals surface area contributed by atoms with Gasteiger partial charge in [0.05, 0.1) is 0 Å². The quantitative estimate of drug-likeness (QED) is 0.848. The standard InChI is InChI=1S/C13H17FN2O.ClH/c1-9-7-11(3-4-12(9)14)13(17)16-6-5-15-10(2)8-16;/h3-4,7,10,15H,5-6,8H2,1-2H3;1H/t10-;/m0./s1. The second-order valence-corrected chi connectivity index (χ2v) is 4.57. The van der Waals surface area contributed by atoms with E-state index < -0.39 is 0 Å². The highest BCUT2D eigenvalue weighted by molar-refractivity contribution is 5.94. The summed E-state index contributed by atoms with van der Waals surface area (Å²) in [7, 11) is 0. The van der Waals surface area contributed by atoms with Crippen LogP contribution in [0.4, 0.5) is 4.39 Å². The maximum absolute atomic E-state index is 13.1. The smallest absolute Gasteiger partial charge is 0.253 e. The average Bonchev–Trinajstić information content (AvgIpc) is 2.32. The van der Waals surface area contributed by atoms with Gasteiger partial charge in [-0.3, -0.25) is 4.79 Å². The summed E-state index contributed by atoms with van der Waals surface area (Å²) in [4.78, 5) is 14.0. The molecule has 1 aliphatic rings. The number of hydrogen-bond donors (Lipinski definition) is 1. The SMILES string of the molecule is Cc1cc(C(=O)N2CCN[C@@H](C)C2)ccc1F.Cl. The van der Waals surface area contributed by atoms with Gasteiger partial charge in [-0.2, -0.15) is 0 Å². The van der Waals surface area contributed by atoms with Gasteiger partial charge in [-0.15, -0.1) is 12.4 Å². The first-order valence-electron chi connectivity index (χ1n) is 5.87. The molecule has 0 spiro atoms. The van der Waals surface area contributed by atoms with Crippen molar-refractivity contribution in [1.29, 1.82) is 0 Å². The largest absolute Gasteiger partial charge is 0.336 e. The van der Waals surface area contributed by atoms with E-state index in [4.69, 9.17) is 0 Å². The van der Waals surface area contributed by atoms with Gasteiger partial charge in [-0.05, 0) is 37.6 Å². The number of rotatable bonds is 1. The van der Waals surface area contributed by atoms with Gasteiger partial charge in [0.2, 0.25) is 0 Å². The number of amides is 1. The second-order valence-electron chi connectivity index (χ2n) is 4.57. The first kappa shape index (κ1) is 14.9. The minimum absolute atomic E-state index is 0. The van der Waals surface area contributed by atoms with Crippen molar-refractivity contribution < 1.29 is 9.18 Å². The average molecular weight is 273 g/mol. The Hall–Kier alpha value is -1.13. The number of hydrogen-bond acceptors (Lipinski definition) is 2. The van der Waals surface area contributed by atoms with Crippen molar-refractivity contribution in [2.24, 2.45) is 0 Å². The molecule has 3 nitrogen and oxygen atoms in total. The Morgan fingerprint density at radius 1 is 1.50 bits per heavy atom. The molecular weight excluding hydrogens is 255 g/mol. The van der Waals surface area contributed by atoms with Gasteiger partial charge < -0.3 is 10.2 Å². The summed E-state index contributed by atoms with van der Waals surface area (Å²) >= 11 is 0. The maximum Gasteiger partial charge on any atom is 0.253 e. The molecule has 1 heterocycles. The van der Waals surface area contributed by atoms with E-state index in [1.807, 2.05) is 4.90 Å². The summed E-state index contributed by atoms with van der Waals surface area (Å²) in [5.41, 5.74) is 1.08.